The minimum Gasteiger partial charge on any atom is -0.508 e. The van der Waals surface area contributed by atoms with E-state index in [0.29, 0.717) is 32.7 Å². The number of phenolic OH excluding ortho intramolecular Hbond substituents is 1. The van der Waals surface area contributed by atoms with E-state index in [1.807, 2.05) is 31.2 Å². The van der Waals surface area contributed by atoms with Gasteiger partial charge in [0, 0.05) is 29.5 Å². The number of aromatic hydroxyl groups is 1. The fraction of sp³-hybridized carbons (Fsp3) is 0.364. The van der Waals surface area contributed by atoms with E-state index in [4.69, 9.17) is 9.47 Å². The lowest BCUT2D eigenvalue weighted by atomic mass is 9.91. The monoisotopic (exact) mass is 698 g/mol. The average molecular weight is 699 g/mol. The van der Waals surface area contributed by atoms with Crippen LogP contribution in [0.4, 0.5) is 18.9 Å². The summed E-state index contributed by atoms with van der Waals surface area (Å²) in [6, 6.07) is 19.3. The van der Waals surface area contributed by atoms with E-state index in [1.165, 1.54) is 23.9 Å². The Morgan fingerprint density at radius 3 is 2.51 bits per heavy atom. The van der Waals surface area contributed by atoms with Gasteiger partial charge in [-0.3, -0.25) is 9.59 Å². The van der Waals surface area contributed by atoms with Gasteiger partial charge in [0.2, 0.25) is 11.1 Å². The third-order valence-electron chi connectivity index (χ3n) is 8.52. The van der Waals surface area contributed by atoms with E-state index in [2.05, 4.69) is 20.8 Å². The topological polar surface area (TPSA) is 152 Å². The summed E-state index contributed by atoms with van der Waals surface area (Å²) in [5.41, 5.74) is 3.13. The number of hydrogen-bond donors (Lipinski definition) is 3. The first-order chi connectivity index (χ1) is 23.5. The number of hydrogen-bond acceptors (Lipinski definition) is 10. The van der Waals surface area contributed by atoms with Crippen molar-refractivity contribution in [3.8, 4) is 11.4 Å². The van der Waals surface area contributed by atoms with Crippen molar-refractivity contribution in [2.45, 2.75) is 62.2 Å². The van der Waals surface area contributed by atoms with Crippen molar-refractivity contribution < 1.29 is 42.4 Å². The molecule has 0 radical (unpaired) electrons. The predicted octanol–water partition coefficient (Wildman–Crippen LogP) is 4.94. The van der Waals surface area contributed by atoms with Gasteiger partial charge in [-0.15, -0.1) is 5.10 Å². The van der Waals surface area contributed by atoms with Gasteiger partial charge in [-0.2, -0.15) is 17.9 Å². The largest absolute Gasteiger partial charge is 0.508 e. The van der Waals surface area contributed by atoms with Crippen LogP contribution in [0, 0.1) is 5.92 Å². The van der Waals surface area contributed by atoms with Gasteiger partial charge in [0.05, 0.1) is 24.5 Å². The number of anilines is 1. The fourth-order valence-corrected chi connectivity index (χ4v) is 6.98. The van der Waals surface area contributed by atoms with Crippen molar-refractivity contribution in [3.05, 3.63) is 89.5 Å². The molecule has 16 heteroatoms. The van der Waals surface area contributed by atoms with E-state index in [1.54, 1.807) is 41.1 Å². The van der Waals surface area contributed by atoms with Gasteiger partial charge >= 0.3 is 12.1 Å². The Labute approximate surface area is 283 Å². The van der Waals surface area contributed by atoms with Crippen LogP contribution in [0.2, 0.25) is 0 Å². The highest BCUT2D eigenvalue weighted by atomic mass is 32.2. The van der Waals surface area contributed by atoms with Gasteiger partial charge in [-0.25, -0.2) is 0 Å². The SMILES string of the molecule is C[C@H]1[C@@H](CSc2nnnn2-c2ccc(O)cc2)O[C@@H](c2cccc(NC(=O)[C@@H]3CCCN3C(=O)C(F)(F)F)c2)O[C@H]1c1ccc(CO)cc1. The lowest BCUT2D eigenvalue weighted by Gasteiger charge is -2.41. The molecular formula is C33H33F3N6O6S. The number of nitrogens with zero attached hydrogens (tertiary/aromatic N) is 5. The molecule has 1 aromatic heterocycles. The van der Waals surface area contributed by atoms with Gasteiger partial charge in [0.1, 0.15) is 11.8 Å². The number of benzene rings is 3. The number of carbonyl (C=O) groups excluding carboxylic acids is 2. The van der Waals surface area contributed by atoms with Crippen molar-refractivity contribution in [3.63, 3.8) is 0 Å². The summed E-state index contributed by atoms with van der Waals surface area (Å²) in [5, 5.41) is 34.5. The zero-order chi connectivity index (χ0) is 34.7. The molecule has 12 nitrogen and oxygen atoms in total. The maximum Gasteiger partial charge on any atom is 0.471 e. The fourth-order valence-electron chi connectivity index (χ4n) is 5.93. The molecule has 2 fully saturated rings. The van der Waals surface area contributed by atoms with E-state index in [-0.39, 0.29) is 37.7 Å². The number of aliphatic hydroxyl groups excluding tert-OH is 1. The van der Waals surface area contributed by atoms with Crippen LogP contribution in [-0.4, -0.2) is 77.8 Å². The molecular weight excluding hydrogens is 665 g/mol. The summed E-state index contributed by atoms with van der Waals surface area (Å²) in [6.45, 7) is 1.74. The highest BCUT2D eigenvalue weighted by molar-refractivity contribution is 7.99. The van der Waals surface area contributed by atoms with Crippen molar-refractivity contribution in [2.24, 2.45) is 5.92 Å². The standard InChI is InChI=1S/C33H33F3N6O6S/c1-19-27(18-49-32-38-39-40-42(32)24-11-13-25(44)14-12-24)47-30(48-28(19)21-9-7-20(17-43)8-10-21)22-4-2-5-23(16-22)37-29(45)26-6-3-15-41(26)31(46)33(34,35)36/h2,4-5,7-14,16,19,26-28,30,43-44H,3,6,15,17-18H2,1H3,(H,37,45)/t19-,26-,27+,28+,30+/m0/s1. The molecule has 3 aromatic carbocycles. The molecule has 4 aromatic rings. The highest BCUT2D eigenvalue weighted by Crippen LogP contribution is 2.43. The Hall–Kier alpha value is -4.51. The van der Waals surface area contributed by atoms with E-state index in [0.717, 1.165) is 11.1 Å². The second kappa shape index (κ2) is 14.5. The third kappa shape index (κ3) is 7.72. The normalized spacial score (nSPS) is 22.6. The highest BCUT2D eigenvalue weighted by Gasteiger charge is 2.47. The molecule has 2 amide bonds. The molecule has 0 bridgehead atoms. The molecule has 49 heavy (non-hydrogen) atoms. The lowest BCUT2D eigenvalue weighted by molar-refractivity contribution is -0.268. The number of thioether (sulfide) groups is 1. The maximum atomic E-state index is 13.1. The number of rotatable bonds is 9. The van der Waals surface area contributed by atoms with E-state index >= 15 is 0 Å². The maximum absolute atomic E-state index is 13.1. The number of aliphatic hydroxyl groups is 1. The first-order valence-electron chi connectivity index (χ1n) is 15.5. The Kier molecular flexibility index (Phi) is 10.2. The zero-order valence-electron chi connectivity index (χ0n) is 26.2. The second-order valence-electron chi connectivity index (χ2n) is 11.8. The van der Waals surface area contributed by atoms with Crippen LogP contribution < -0.4 is 5.32 Å². The van der Waals surface area contributed by atoms with Crippen LogP contribution >= 0.6 is 11.8 Å². The number of aromatic nitrogens is 4. The Balaban J connectivity index is 1.22. The van der Waals surface area contributed by atoms with Crippen molar-refractivity contribution >= 4 is 29.3 Å². The van der Waals surface area contributed by atoms with Gasteiger partial charge < -0.3 is 29.9 Å². The van der Waals surface area contributed by atoms with Crippen LogP contribution in [0.25, 0.3) is 5.69 Å². The second-order valence-corrected chi connectivity index (χ2v) is 12.8. The summed E-state index contributed by atoms with van der Waals surface area (Å²) in [4.78, 5) is 25.6. The summed E-state index contributed by atoms with van der Waals surface area (Å²) in [7, 11) is 0. The van der Waals surface area contributed by atoms with E-state index < -0.39 is 42.5 Å². The molecule has 3 heterocycles. The van der Waals surface area contributed by atoms with Crippen LogP contribution in [0.1, 0.15) is 48.8 Å². The zero-order valence-corrected chi connectivity index (χ0v) is 27.0. The summed E-state index contributed by atoms with van der Waals surface area (Å²) < 4.78 is 54.0. The Morgan fingerprint density at radius 1 is 1.04 bits per heavy atom. The third-order valence-corrected chi connectivity index (χ3v) is 9.53. The van der Waals surface area contributed by atoms with Crippen molar-refractivity contribution in [1.29, 1.82) is 0 Å². The minimum absolute atomic E-state index is 0.108. The van der Waals surface area contributed by atoms with Crippen LogP contribution in [0.3, 0.4) is 0 Å². The first-order valence-corrected chi connectivity index (χ1v) is 16.5. The van der Waals surface area contributed by atoms with Gasteiger partial charge in [0.25, 0.3) is 0 Å². The molecule has 5 atom stereocenters. The van der Waals surface area contributed by atoms with Crippen molar-refractivity contribution in [1.82, 2.24) is 25.1 Å². The first kappa shape index (κ1) is 34.4. The number of nitrogens with one attached hydrogen (secondary N) is 1. The predicted molar refractivity (Wildman–Crippen MR) is 170 cm³/mol. The van der Waals surface area contributed by atoms with Gasteiger partial charge in [-0.05, 0) is 70.8 Å². The number of likely N-dealkylation sites (tertiary alicyclic amines) is 1. The van der Waals surface area contributed by atoms with Gasteiger partial charge in [-0.1, -0.05) is 55.1 Å². The number of ether oxygens (including phenoxy) is 2. The summed E-state index contributed by atoms with van der Waals surface area (Å²) >= 11 is 1.37. The number of halogens is 3. The molecule has 2 saturated heterocycles. The van der Waals surface area contributed by atoms with Crippen LogP contribution in [-0.2, 0) is 25.7 Å². The summed E-state index contributed by atoms with van der Waals surface area (Å²) in [5.74, 6) is -2.37. The molecule has 6 rings (SSSR count). The Bertz CT molecular complexity index is 1770. The quantitative estimate of drug-likeness (QED) is 0.205. The van der Waals surface area contributed by atoms with Gasteiger partial charge in [0.15, 0.2) is 6.29 Å². The Morgan fingerprint density at radius 2 is 1.80 bits per heavy atom. The molecule has 0 aliphatic carbocycles. The lowest BCUT2D eigenvalue weighted by Crippen LogP contribution is -2.48. The average Bonchev–Trinajstić information content (AvgIpc) is 3.78. The molecule has 3 N–H and O–H groups in total. The van der Waals surface area contributed by atoms with Crippen LogP contribution in [0.15, 0.2) is 78.0 Å². The molecule has 2 aliphatic heterocycles. The van der Waals surface area contributed by atoms with Crippen LogP contribution in [0.5, 0.6) is 5.75 Å². The minimum atomic E-state index is -5.07. The molecule has 258 valence electrons. The smallest absolute Gasteiger partial charge is 0.471 e. The molecule has 0 spiro atoms. The molecule has 0 unspecified atom stereocenters. The van der Waals surface area contributed by atoms with E-state index in [9.17, 15) is 33.0 Å². The number of phenols is 1. The number of alkyl halides is 3. The summed E-state index contributed by atoms with van der Waals surface area (Å²) in [6.07, 6.45) is -6.41. The number of carbonyl (C=O) groups is 2. The van der Waals surface area contributed by atoms with Crippen molar-refractivity contribution in [2.75, 3.05) is 17.6 Å². The number of amides is 2. The number of tetrazole rings is 1. The molecule has 0 saturated carbocycles. The molecule has 2 aliphatic rings.